The molecule has 0 aliphatic heterocycles. The number of benzene rings is 4. The smallest absolute Gasteiger partial charge is 0.273 e. The third-order valence-electron chi connectivity index (χ3n) is 14.7. The van der Waals surface area contributed by atoms with Crippen molar-refractivity contribution in [3.05, 3.63) is 128 Å². The van der Waals surface area contributed by atoms with E-state index < -0.39 is 0 Å². The highest BCUT2D eigenvalue weighted by atomic mass is 16.6. The standard InChI is InChI=1S/C44H44N2O6/c47-45(48)35-3-1-5-39(17-35)51-37-11-7-33(8-12-37)41-19-29-15-30(20-41)24-43(23-29,27-41)44-25-31-16-32(26-44)22-42(21-31,28-44)34-9-13-38(14-10-34)52-40-6-2-4-36(18-40)46(49)50/h1-14,17-18,29-32H,15-16,19-28H2. The van der Waals surface area contributed by atoms with Gasteiger partial charge in [0.25, 0.3) is 11.4 Å². The Balaban J connectivity index is 0.927. The number of hydrogen-bond donors (Lipinski definition) is 0. The Hall–Kier alpha value is -4.72. The summed E-state index contributed by atoms with van der Waals surface area (Å²) in [7, 11) is 0. The predicted molar refractivity (Wildman–Crippen MR) is 197 cm³/mol. The largest absolute Gasteiger partial charge is 0.457 e. The second-order valence-corrected chi connectivity index (χ2v) is 17.8. The molecule has 0 spiro atoms. The second-order valence-electron chi connectivity index (χ2n) is 17.8. The summed E-state index contributed by atoms with van der Waals surface area (Å²) in [6.07, 6.45) is 16.1. The van der Waals surface area contributed by atoms with E-state index in [9.17, 15) is 20.2 Å². The fraction of sp³-hybridized carbons (Fsp3) is 0.455. The number of nitro groups is 2. The van der Waals surface area contributed by atoms with Crippen LogP contribution in [0.1, 0.15) is 88.2 Å². The first-order valence-corrected chi connectivity index (χ1v) is 19.2. The van der Waals surface area contributed by atoms with Crippen LogP contribution < -0.4 is 9.47 Å². The zero-order valence-electron chi connectivity index (χ0n) is 29.4. The Kier molecular flexibility index (Phi) is 7.00. The molecular formula is C44H44N2O6. The van der Waals surface area contributed by atoms with Crippen LogP contribution in [0.3, 0.4) is 0 Å². The molecule has 4 atom stereocenters. The third-order valence-corrected chi connectivity index (χ3v) is 14.7. The summed E-state index contributed by atoms with van der Waals surface area (Å²) in [6.45, 7) is 0. The van der Waals surface area contributed by atoms with Gasteiger partial charge in [-0.3, -0.25) is 20.2 Å². The third kappa shape index (κ3) is 5.07. The van der Waals surface area contributed by atoms with E-state index >= 15 is 0 Å². The normalized spacial score (nSPS) is 35.0. The van der Waals surface area contributed by atoms with Gasteiger partial charge in [0.2, 0.25) is 0 Å². The molecule has 12 rings (SSSR count). The summed E-state index contributed by atoms with van der Waals surface area (Å²) in [4.78, 5) is 21.8. The summed E-state index contributed by atoms with van der Waals surface area (Å²) < 4.78 is 12.2. The molecule has 4 unspecified atom stereocenters. The van der Waals surface area contributed by atoms with Gasteiger partial charge in [0, 0.05) is 12.1 Å². The molecule has 8 saturated carbocycles. The lowest BCUT2D eigenvalue weighted by atomic mass is 9.30. The average molecular weight is 697 g/mol. The summed E-state index contributed by atoms with van der Waals surface area (Å²) in [5, 5.41) is 22.6. The Labute approximate surface area is 303 Å². The maximum Gasteiger partial charge on any atom is 0.273 e. The zero-order chi connectivity index (χ0) is 35.3. The van der Waals surface area contributed by atoms with E-state index in [1.165, 1.54) is 112 Å². The molecule has 0 aromatic heterocycles. The van der Waals surface area contributed by atoms with Gasteiger partial charge in [0.05, 0.1) is 22.0 Å². The molecule has 8 fully saturated rings. The number of nitro benzene ring substituents is 2. The van der Waals surface area contributed by atoms with Crippen molar-refractivity contribution in [1.29, 1.82) is 0 Å². The average Bonchev–Trinajstić information content (AvgIpc) is 3.11. The molecule has 4 aromatic rings. The Morgan fingerprint density at radius 2 is 0.846 bits per heavy atom. The quantitative estimate of drug-likeness (QED) is 0.127. The first-order valence-electron chi connectivity index (χ1n) is 19.2. The predicted octanol–water partition coefficient (Wildman–Crippen LogP) is 11.5. The number of ether oxygens (including phenoxy) is 2. The van der Waals surface area contributed by atoms with Crippen LogP contribution in [0.25, 0.3) is 0 Å². The molecule has 266 valence electrons. The Morgan fingerprint density at radius 3 is 1.19 bits per heavy atom. The van der Waals surface area contributed by atoms with Crippen molar-refractivity contribution in [3.63, 3.8) is 0 Å². The minimum absolute atomic E-state index is 0.0311. The highest BCUT2D eigenvalue weighted by Gasteiger charge is 2.70. The van der Waals surface area contributed by atoms with Crippen LogP contribution in [0.5, 0.6) is 23.0 Å². The lowest BCUT2D eigenvalue weighted by molar-refractivity contribution is -0.385. The molecule has 52 heavy (non-hydrogen) atoms. The molecule has 8 bridgehead atoms. The van der Waals surface area contributed by atoms with Crippen molar-refractivity contribution in [2.75, 3.05) is 0 Å². The van der Waals surface area contributed by atoms with Crippen molar-refractivity contribution in [3.8, 4) is 23.0 Å². The highest BCUT2D eigenvalue weighted by molar-refractivity contribution is 5.44. The van der Waals surface area contributed by atoms with Gasteiger partial charge < -0.3 is 9.47 Å². The van der Waals surface area contributed by atoms with Gasteiger partial charge in [-0.2, -0.15) is 0 Å². The van der Waals surface area contributed by atoms with Crippen molar-refractivity contribution in [1.82, 2.24) is 0 Å². The fourth-order valence-corrected chi connectivity index (χ4v) is 13.8. The summed E-state index contributed by atoms with van der Waals surface area (Å²) in [5.74, 6) is 5.55. The molecule has 0 radical (unpaired) electrons. The van der Waals surface area contributed by atoms with Crippen LogP contribution in [0.4, 0.5) is 11.4 Å². The number of non-ortho nitro benzene ring substituents is 2. The van der Waals surface area contributed by atoms with Gasteiger partial charge in [0.1, 0.15) is 23.0 Å². The first-order chi connectivity index (χ1) is 25.1. The molecule has 8 aliphatic rings. The molecule has 8 aliphatic carbocycles. The molecule has 8 heteroatoms. The van der Waals surface area contributed by atoms with E-state index in [2.05, 4.69) is 48.5 Å². The zero-order valence-corrected chi connectivity index (χ0v) is 29.4. The molecule has 8 nitrogen and oxygen atoms in total. The van der Waals surface area contributed by atoms with Gasteiger partial charge in [-0.25, -0.2) is 0 Å². The van der Waals surface area contributed by atoms with Crippen LogP contribution >= 0.6 is 0 Å². The van der Waals surface area contributed by atoms with E-state index in [0.29, 0.717) is 33.8 Å². The van der Waals surface area contributed by atoms with E-state index in [1.807, 2.05) is 0 Å². The lowest BCUT2D eigenvalue weighted by Gasteiger charge is -2.74. The van der Waals surface area contributed by atoms with Gasteiger partial charge in [-0.1, -0.05) is 36.4 Å². The van der Waals surface area contributed by atoms with Gasteiger partial charge in [0.15, 0.2) is 0 Å². The summed E-state index contributed by atoms with van der Waals surface area (Å²) >= 11 is 0. The van der Waals surface area contributed by atoms with Gasteiger partial charge in [-0.15, -0.1) is 0 Å². The van der Waals surface area contributed by atoms with Gasteiger partial charge >= 0.3 is 0 Å². The molecular weight excluding hydrogens is 652 g/mol. The second kappa shape index (κ2) is 11.4. The summed E-state index contributed by atoms with van der Waals surface area (Å²) in [6, 6.07) is 30.3. The van der Waals surface area contributed by atoms with E-state index in [4.69, 9.17) is 9.47 Å². The highest BCUT2D eigenvalue weighted by Crippen LogP contribution is 2.78. The minimum atomic E-state index is -0.388. The van der Waals surface area contributed by atoms with Crippen molar-refractivity contribution >= 4 is 11.4 Å². The molecule has 0 N–H and O–H groups in total. The molecule has 4 aromatic carbocycles. The SMILES string of the molecule is O=[N+]([O-])c1cccc(Oc2ccc(C34CC5CC(C3)CC(C36CC7CC(CC(c8ccc(Oc9cccc([N+](=O)[O-])c9)cc8)(C7)C3)C6)(C5)C4)cc2)c1. The van der Waals surface area contributed by atoms with Crippen LogP contribution in [0.15, 0.2) is 97.1 Å². The molecule has 0 saturated heterocycles. The first kappa shape index (κ1) is 32.0. The fourth-order valence-electron chi connectivity index (χ4n) is 13.8. The molecule has 0 heterocycles. The Morgan fingerprint density at radius 1 is 0.481 bits per heavy atom. The van der Waals surface area contributed by atoms with Crippen LogP contribution in [0.2, 0.25) is 0 Å². The topological polar surface area (TPSA) is 105 Å². The van der Waals surface area contributed by atoms with Crippen molar-refractivity contribution in [2.24, 2.45) is 34.5 Å². The number of nitrogens with zero attached hydrogens (tertiary/aromatic N) is 2. The maximum absolute atomic E-state index is 11.3. The molecule has 0 amide bonds. The monoisotopic (exact) mass is 696 g/mol. The van der Waals surface area contributed by atoms with Crippen molar-refractivity contribution < 1.29 is 19.3 Å². The van der Waals surface area contributed by atoms with Gasteiger partial charge in [-0.05, 0) is 170 Å². The number of rotatable bonds is 9. The van der Waals surface area contributed by atoms with Crippen LogP contribution in [-0.4, -0.2) is 9.85 Å². The van der Waals surface area contributed by atoms with Crippen LogP contribution in [-0.2, 0) is 10.8 Å². The Bertz CT molecular complexity index is 1900. The van der Waals surface area contributed by atoms with E-state index in [-0.39, 0.29) is 32.1 Å². The lowest BCUT2D eigenvalue weighted by Crippen LogP contribution is -2.66. The van der Waals surface area contributed by atoms with Crippen LogP contribution in [0, 0.1) is 54.7 Å². The maximum atomic E-state index is 11.3. The summed E-state index contributed by atoms with van der Waals surface area (Å²) in [5.41, 5.74) is 4.14. The van der Waals surface area contributed by atoms with Crippen molar-refractivity contribution in [2.45, 2.75) is 87.9 Å². The minimum Gasteiger partial charge on any atom is -0.457 e. The number of hydrogen-bond acceptors (Lipinski definition) is 6. The van der Waals surface area contributed by atoms with E-state index in [0.717, 1.165) is 23.7 Å². The van der Waals surface area contributed by atoms with E-state index in [1.54, 1.807) is 24.3 Å².